The maximum absolute atomic E-state index is 5.76. The molecule has 0 amide bonds. The molecule has 0 radical (unpaired) electrons. The number of benzene rings is 2. The number of oxime groups is 1. The Labute approximate surface area is 159 Å². The van der Waals surface area contributed by atoms with Crippen LogP contribution in [0.3, 0.4) is 0 Å². The van der Waals surface area contributed by atoms with Gasteiger partial charge in [-0.15, -0.1) is 0 Å². The van der Waals surface area contributed by atoms with Gasteiger partial charge in [0.25, 0.3) is 0 Å². The van der Waals surface area contributed by atoms with Crippen LogP contribution in [0.5, 0.6) is 11.5 Å². The first-order valence-electron chi connectivity index (χ1n) is 9.26. The molecule has 0 saturated carbocycles. The lowest BCUT2D eigenvalue weighted by Crippen LogP contribution is -2.45. The molecule has 0 bridgehead atoms. The molecule has 2 aromatic carbocycles. The molecule has 2 aromatic rings. The van der Waals surface area contributed by atoms with Gasteiger partial charge in [-0.1, -0.05) is 35.5 Å². The van der Waals surface area contributed by atoms with Gasteiger partial charge in [-0.2, -0.15) is 0 Å². The zero-order valence-corrected chi connectivity index (χ0v) is 15.8. The van der Waals surface area contributed by atoms with Gasteiger partial charge in [-0.05, 0) is 29.7 Å². The van der Waals surface area contributed by atoms with E-state index in [1.165, 1.54) is 11.1 Å². The Bertz CT molecular complexity index is 823. The number of nitrogens with one attached hydrogen (secondary N) is 1. The van der Waals surface area contributed by atoms with Crippen LogP contribution in [0.2, 0.25) is 0 Å². The molecule has 2 aliphatic heterocycles. The summed E-state index contributed by atoms with van der Waals surface area (Å²) in [7, 11) is 3.35. The van der Waals surface area contributed by atoms with E-state index in [-0.39, 0.29) is 6.10 Å². The van der Waals surface area contributed by atoms with Gasteiger partial charge in [0, 0.05) is 25.2 Å². The second kappa shape index (κ2) is 7.88. The molecule has 142 valence electrons. The van der Waals surface area contributed by atoms with Gasteiger partial charge in [0.15, 0.2) is 23.4 Å². The van der Waals surface area contributed by atoms with Crippen molar-refractivity contribution in [2.45, 2.75) is 19.1 Å². The minimum Gasteiger partial charge on any atom is -0.493 e. The van der Waals surface area contributed by atoms with E-state index >= 15 is 0 Å². The lowest BCUT2D eigenvalue weighted by Gasteiger charge is -2.33. The molecule has 6 nitrogen and oxygen atoms in total. The summed E-state index contributed by atoms with van der Waals surface area (Å²) < 4.78 is 10.9. The molecule has 2 aliphatic rings. The lowest BCUT2D eigenvalue weighted by molar-refractivity contribution is 0.0204. The lowest BCUT2D eigenvalue weighted by atomic mass is 9.98. The summed E-state index contributed by atoms with van der Waals surface area (Å²) in [5, 5.41) is 7.67. The van der Waals surface area contributed by atoms with Gasteiger partial charge in [0.2, 0.25) is 0 Å². The smallest absolute Gasteiger partial charge is 0.173 e. The third kappa shape index (κ3) is 3.85. The molecular formula is C21H25N3O3. The third-order valence-corrected chi connectivity index (χ3v) is 5.10. The first kappa shape index (κ1) is 17.7. The summed E-state index contributed by atoms with van der Waals surface area (Å²) in [6.07, 6.45) is 1.04. The molecule has 1 atom stereocenters. The van der Waals surface area contributed by atoms with Crippen LogP contribution < -0.4 is 14.8 Å². The highest BCUT2D eigenvalue weighted by molar-refractivity contribution is 5.98. The van der Waals surface area contributed by atoms with E-state index in [0.29, 0.717) is 0 Å². The van der Waals surface area contributed by atoms with Gasteiger partial charge < -0.3 is 19.6 Å². The Morgan fingerprint density at radius 2 is 1.85 bits per heavy atom. The highest BCUT2D eigenvalue weighted by Crippen LogP contribution is 2.33. The third-order valence-electron chi connectivity index (χ3n) is 5.10. The number of hydrogen-bond donors (Lipinski definition) is 1. The van der Waals surface area contributed by atoms with E-state index in [1.54, 1.807) is 14.2 Å². The van der Waals surface area contributed by atoms with Crippen LogP contribution in [0.4, 0.5) is 0 Å². The first-order valence-corrected chi connectivity index (χ1v) is 9.26. The molecule has 0 spiro atoms. The largest absolute Gasteiger partial charge is 0.493 e. The van der Waals surface area contributed by atoms with Crippen molar-refractivity contribution >= 4 is 5.84 Å². The van der Waals surface area contributed by atoms with Crippen LogP contribution in [0.1, 0.15) is 16.7 Å². The minimum absolute atomic E-state index is 0.0409. The molecule has 0 saturated heterocycles. The molecule has 2 heterocycles. The molecular weight excluding hydrogens is 342 g/mol. The quantitative estimate of drug-likeness (QED) is 0.880. The van der Waals surface area contributed by atoms with Crippen LogP contribution in [0, 0.1) is 0 Å². The molecule has 0 fully saturated rings. The second-order valence-corrected chi connectivity index (χ2v) is 6.88. The summed E-state index contributed by atoms with van der Waals surface area (Å²) in [6.45, 7) is 3.47. The molecule has 4 rings (SSSR count). The van der Waals surface area contributed by atoms with E-state index in [9.17, 15) is 0 Å². The Morgan fingerprint density at radius 3 is 2.52 bits per heavy atom. The van der Waals surface area contributed by atoms with Crippen LogP contribution in [-0.4, -0.2) is 50.7 Å². The molecule has 1 N–H and O–H groups in total. The molecule has 6 heteroatoms. The number of ether oxygens (including phenoxy) is 2. The molecule has 0 aromatic heterocycles. The average molecular weight is 367 g/mol. The predicted octanol–water partition coefficient (Wildman–Crippen LogP) is 2.41. The summed E-state index contributed by atoms with van der Waals surface area (Å²) in [6, 6.07) is 14.2. The molecule has 1 unspecified atom stereocenters. The van der Waals surface area contributed by atoms with Crippen LogP contribution in [0.15, 0.2) is 47.6 Å². The van der Waals surface area contributed by atoms with Gasteiger partial charge in [-0.25, -0.2) is 0 Å². The average Bonchev–Trinajstić information content (AvgIpc) is 2.74. The van der Waals surface area contributed by atoms with Crippen molar-refractivity contribution in [3.63, 3.8) is 0 Å². The fourth-order valence-electron chi connectivity index (χ4n) is 3.64. The highest BCUT2D eigenvalue weighted by Gasteiger charge is 2.24. The predicted molar refractivity (Wildman–Crippen MR) is 104 cm³/mol. The first-order chi connectivity index (χ1) is 13.3. The normalized spacial score (nSPS) is 19.3. The van der Waals surface area contributed by atoms with Crippen LogP contribution in [0.25, 0.3) is 0 Å². The van der Waals surface area contributed by atoms with Crippen molar-refractivity contribution in [2.24, 2.45) is 5.16 Å². The minimum atomic E-state index is 0.0409. The molecule has 0 aliphatic carbocycles. The van der Waals surface area contributed by atoms with Crippen molar-refractivity contribution in [1.29, 1.82) is 0 Å². The Morgan fingerprint density at radius 1 is 1.11 bits per heavy atom. The van der Waals surface area contributed by atoms with E-state index < -0.39 is 0 Å². The number of methoxy groups -OCH3 is 2. The Balaban J connectivity index is 1.39. The van der Waals surface area contributed by atoms with Gasteiger partial charge in [0.1, 0.15) is 0 Å². The summed E-state index contributed by atoms with van der Waals surface area (Å²) >= 11 is 0. The van der Waals surface area contributed by atoms with E-state index in [0.717, 1.165) is 55.5 Å². The SMILES string of the molecule is COc1cc2c(cc1OC)CN(CC1CNC(c3ccccc3)=NO1)CC2. The standard InChI is InChI=1S/C21H25N3O3/c1-25-19-10-16-8-9-24(13-17(16)11-20(19)26-2)14-18-12-22-21(23-27-18)15-6-4-3-5-7-15/h3-7,10-11,18H,8-9,12-14H2,1-2H3,(H,22,23). The number of fused-ring (bicyclic) bond motifs is 1. The number of nitrogens with zero attached hydrogens (tertiary/aromatic N) is 2. The fourth-order valence-corrected chi connectivity index (χ4v) is 3.64. The summed E-state index contributed by atoms with van der Waals surface area (Å²) in [5.74, 6) is 2.38. The van der Waals surface area contributed by atoms with Crippen LogP contribution >= 0.6 is 0 Å². The van der Waals surface area contributed by atoms with Crippen molar-refractivity contribution in [1.82, 2.24) is 10.2 Å². The number of hydrogen-bond acceptors (Lipinski definition) is 6. The number of rotatable bonds is 5. The summed E-state index contributed by atoms with van der Waals surface area (Å²) in [5.41, 5.74) is 3.66. The monoisotopic (exact) mass is 367 g/mol. The van der Waals surface area contributed by atoms with E-state index in [1.807, 2.05) is 30.3 Å². The van der Waals surface area contributed by atoms with Gasteiger partial charge in [-0.3, -0.25) is 4.90 Å². The van der Waals surface area contributed by atoms with Gasteiger partial charge >= 0.3 is 0 Å². The maximum atomic E-state index is 5.76. The van der Waals surface area contributed by atoms with Crippen molar-refractivity contribution in [2.75, 3.05) is 33.9 Å². The zero-order chi connectivity index (χ0) is 18.6. The van der Waals surface area contributed by atoms with Crippen molar-refractivity contribution in [3.8, 4) is 11.5 Å². The second-order valence-electron chi connectivity index (χ2n) is 6.88. The van der Waals surface area contributed by atoms with E-state index in [4.69, 9.17) is 14.3 Å². The van der Waals surface area contributed by atoms with Crippen molar-refractivity contribution in [3.05, 3.63) is 59.2 Å². The summed E-state index contributed by atoms with van der Waals surface area (Å²) in [4.78, 5) is 8.16. The Hall–Kier alpha value is -2.73. The zero-order valence-electron chi connectivity index (χ0n) is 15.8. The molecule has 27 heavy (non-hydrogen) atoms. The number of amidine groups is 1. The highest BCUT2D eigenvalue weighted by atomic mass is 16.6. The fraction of sp³-hybridized carbons (Fsp3) is 0.381. The maximum Gasteiger partial charge on any atom is 0.173 e. The van der Waals surface area contributed by atoms with Crippen molar-refractivity contribution < 1.29 is 14.3 Å². The topological polar surface area (TPSA) is 55.3 Å². The van der Waals surface area contributed by atoms with Gasteiger partial charge in [0.05, 0.1) is 20.8 Å². The Kier molecular flexibility index (Phi) is 5.16. The van der Waals surface area contributed by atoms with E-state index in [2.05, 4.69) is 27.5 Å². The van der Waals surface area contributed by atoms with Crippen LogP contribution in [-0.2, 0) is 17.8 Å².